The first-order valence-corrected chi connectivity index (χ1v) is 4.47. The topological polar surface area (TPSA) is 118 Å². The quantitative estimate of drug-likeness (QED) is 0.651. The maximum atomic E-state index is 10.6. The second kappa shape index (κ2) is 7.93. The number of carboxylic acid groups (broad SMARTS) is 2. The van der Waals surface area contributed by atoms with Crippen LogP contribution < -0.4 is 5.73 Å². The highest BCUT2D eigenvalue weighted by Gasteiger charge is 2.38. The molecule has 16 heavy (non-hydrogen) atoms. The number of nitrogens with two attached hydrogens (primary N) is 1. The molecular formula is C6H8F3NO5S. The number of thioether (sulfide) groups is 1. The van der Waals surface area contributed by atoms with E-state index in [-0.39, 0.29) is 17.4 Å². The minimum Gasteiger partial charge on any atom is -0.481 e. The van der Waals surface area contributed by atoms with Crippen molar-refractivity contribution >= 4 is 28.8 Å². The van der Waals surface area contributed by atoms with Crippen molar-refractivity contribution in [3.05, 3.63) is 0 Å². The molecule has 4 N–H and O–H groups in total. The predicted molar refractivity (Wildman–Crippen MR) is 47.8 cm³/mol. The van der Waals surface area contributed by atoms with Crippen LogP contribution in [0.2, 0.25) is 0 Å². The molecule has 0 aliphatic heterocycles. The van der Waals surface area contributed by atoms with Gasteiger partial charge >= 0.3 is 18.1 Å². The van der Waals surface area contributed by atoms with Gasteiger partial charge < -0.3 is 15.9 Å². The van der Waals surface area contributed by atoms with Crippen molar-refractivity contribution in [3.8, 4) is 0 Å². The van der Waals surface area contributed by atoms with Gasteiger partial charge in [0, 0.05) is 0 Å². The Labute approximate surface area is 91.6 Å². The van der Waals surface area contributed by atoms with Gasteiger partial charge in [-0.25, -0.2) is 4.79 Å². The summed E-state index contributed by atoms with van der Waals surface area (Å²) in [6.07, 6.45) is -5.08. The highest BCUT2D eigenvalue weighted by molar-refractivity contribution is 8.14. The number of carboxylic acids is 2. The number of halogens is 3. The van der Waals surface area contributed by atoms with E-state index in [4.69, 9.17) is 20.7 Å². The summed E-state index contributed by atoms with van der Waals surface area (Å²) in [5.74, 6) is -3.95. The summed E-state index contributed by atoms with van der Waals surface area (Å²) in [6.45, 7) is -0.0993. The molecule has 94 valence electrons. The van der Waals surface area contributed by atoms with Crippen LogP contribution in [0.3, 0.4) is 0 Å². The molecule has 0 aromatic carbocycles. The monoisotopic (exact) mass is 263 g/mol. The normalized spacial score (nSPS) is 10.0. The van der Waals surface area contributed by atoms with Crippen LogP contribution in [-0.4, -0.2) is 45.7 Å². The van der Waals surface area contributed by atoms with Gasteiger partial charge in [0.2, 0.25) is 5.12 Å². The minimum atomic E-state index is -5.08. The van der Waals surface area contributed by atoms with E-state index in [1.807, 2.05) is 0 Å². The molecule has 0 saturated heterocycles. The Morgan fingerprint density at radius 1 is 1.19 bits per heavy atom. The highest BCUT2D eigenvalue weighted by atomic mass is 32.2. The number of aliphatic carboxylic acids is 2. The molecule has 10 heteroatoms. The van der Waals surface area contributed by atoms with Crippen molar-refractivity contribution in [3.63, 3.8) is 0 Å². The Hall–Kier alpha value is -1.29. The molecule has 0 radical (unpaired) electrons. The van der Waals surface area contributed by atoms with E-state index in [0.717, 1.165) is 11.8 Å². The lowest BCUT2D eigenvalue weighted by molar-refractivity contribution is -0.192. The zero-order valence-corrected chi connectivity index (χ0v) is 8.47. The van der Waals surface area contributed by atoms with Crippen LogP contribution in [0.25, 0.3) is 0 Å². The fourth-order valence-corrected chi connectivity index (χ4v) is 0.603. The number of alkyl halides is 3. The largest absolute Gasteiger partial charge is 0.490 e. The number of hydrogen-bond acceptors (Lipinski definition) is 5. The molecule has 0 aromatic rings. The van der Waals surface area contributed by atoms with E-state index in [0.29, 0.717) is 0 Å². The molecule has 0 unspecified atom stereocenters. The number of carbonyl (C=O) groups is 3. The van der Waals surface area contributed by atoms with Crippen LogP contribution in [0.1, 0.15) is 0 Å². The minimum absolute atomic E-state index is 0.0993. The average Bonchev–Trinajstić information content (AvgIpc) is 2.13. The molecular weight excluding hydrogens is 255 g/mol. The Morgan fingerprint density at radius 2 is 1.56 bits per heavy atom. The molecule has 0 spiro atoms. The predicted octanol–water partition coefficient (Wildman–Crippen LogP) is -0.0772. The van der Waals surface area contributed by atoms with Crippen LogP contribution in [-0.2, 0) is 14.4 Å². The van der Waals surface area contributed by atoms with Crippen molar-refractivity contribution < 1.29 is 37.8 Å². The van der Waals surface area contributed by atoms with E-state index in [1.165, 1.54) is 0 Å². The van der Waals surface area contributed by atoms with Crippen LogP contribution in [0, 0.1) is 0 Å². The fourth-order valence-electron chi connectivity index (χ4n) is 0.201. The van der Waals surface area contributed by atoms with E-state index >= 15 is 0 Å². The van der Waals surface area contributed by atoms with Crippen molar-refractivity contribution in [2.45, 2.75) is 6.18 Å². The second-order valence-electron chi connectivity index (χ2n) is 2.06. The van der Waals surface area contributed by atoms with Gasteiger partial charge in [0.25, 0.3) is 0 Å². The van der Waals surface area contributed by atoms with Gasteiger partial charge in [0.1, 0.15) is 0 Å². The first-order valence-electron chi connectivity index (χ1n) is 3.48. The molecule has 0 saturated carbocycles. The van der Waals surface area contributed by atoms with E-state index < -0.39 is 18.1 Å². The van der Waals surface area contributed by atoms with E-state index in [1.54, 1.807) is 0 Å². The van der Waals surface area contributed by atoms with Crippen molar-refractivity contribution in [2.75, 3.05) is 12.3 Å². The molecule has 0 bridgehead atoms. The molecule has 0 amide bonds. The molecule has 0 aliphatic rings. The zero-order chi connectivity index (χ0) is 13.4. The average molecular weight is 263 g/mol. The highest BCUT2D eigenvalue weighted by Crippen LogP contribution is 2.13. The molecule has 0 rings (SSSR count). The Bertz CT molecular complexity index is 267. The van der Waals surface area contributed by atoms with E-state index in [9.17, 15) is 22.8 Å². The van der Waals surface area contributed by atoms with Gasteiger partial charge in [-0.1, -0.05) is 11.8 Å². The second-order valence-corrected chi connectivity index (χ2v) is 3.09. The zero-order valence-electron chi connectivity index (χ0n) is 7.65. The van der Waals surface area contributed by atoms with Gasteiger partial charge in [-0.3, -0.25) is 9.59 Å². The summed E-state index contributed by atoms with van der Waals surface area (Å²) in [5, 5.41) is 14.9. The SMILES string of the molecule is NCC(=O)SCC(=O)O.O=C(O)C(F)(F)F. The van der Waals surface area contributed by atoms with E-state index in [2.05, 4.69) is 0 Å². The Balaban J connectivity index is 0. The maximum absolute atomic E-state index is 10.6. The molecule has 0 aromatic heterocycles. The molecule has 0 aliphatic carbocycles. The Kier molecular flexibility index (Phi) is 8.49. The van der Waals surface area contributed by atoms with Crippen LogP contribution in [0.15, 0.2) is 0 Å². The first kappa shape index (κ1) is 17.1. The third kappa shape index (κ3) is 12.7. The maximum Gasteiger partial charge on any atom is 0.490 e. The van der Waals surface area contributed by atoms with Gasteiger partial charge in [0.05, 0.1) is 12.3 Å². The first-order chi connectivity index (χ1) is 7.11. The standard InChI is InChI=1S/C4H7NO3S.C2HF3O2/c5-1-4(8)9-2-3(6)7;3-2(4,5)1(6)7/h1-2,5H2,(H,6,7);(H,6,7). The number of rotatable bonds is 3. The summed E-state index contributed by atoms with van der Waals surface area (Å²) in [7, 11) is 0. The molecule has 0 fully saturated rings. The lowest BCUT2D eigenvalue weighted by Gasteiger charge is -1.93. The summed E-state index contributed by atoms with van der Waals surface area (Å²) in [6, 6.07) is 0. The third-order valence-electron chi connectivity index (χ3n) is 0.766. The van der Waals surface area contributed by atoms with Gasteiger partial charge in [-0.15, -0.1) is 0 Å². The van der Waals surface area contributed by atoms with Crippen LogP contribution >= 0.6 is 11.8 Å². The Morgan fingerprint density at radius 3 is 1.75 bits per heavy atom. The van der Waals surface area contributed by atoms with Crippen LogP contribution in [0.4, 0.5) is 13.2 Å². The molecule has 0 heterocycles. The fraction of sp³-hybridized carbons (Fsp3) is 0.500. The summed E-state index contributed by atoms with van der Waals surface area (Å²) in [4.78, 5) is 29.0. The smallest absolute Gasteiger partial charge is 0.481 e. The number of carbonyl (C=O) groups excluding carboxylic acids is 1. The van der Waals surface area contributed by atoms with Crippen molar-refractivity contribution in [1.29, 1.82) is 0 Å². The summed E-state index contributed by atoms with van der Waals surface area (Å²) >= 11 is 0.721. The van der Waals surface area contributed by atoms with Gasteiger partial charge in [0.15, 0.2) is 0 Å². The summed E-state index contributed by atoms with van der Waals surface area (Å²) in [5.41, 5.74) is 4.89. The van der Waals surface area contributed by atoms with Crippen molar-refractivity contribution in [2.24, 2.45) is 5.73 Å². The molecule has 6 nitrogen and oxygen atoms in total. The van der Waals surface area contributed by atoms with Crippen molar-refractivity contribution in [1.82, 2.24) is 0 Å². The van der Waals surface area contributed by atoms with Gasteiger partial charge in [-0.2, -0.15) is 13.2 Å². The van der Waals surface area contributed by atoms with Gasteiger partial charge in [-0.05, 0) is 0 Å². The lowest BCUT2D eigenvalue weighted by atomic mass is 10.7. The number of hydrogen-bond donors (Lipinski definition) is 3. The molecule has 0 atom stereocenters. The summed E-state index contributed by atoms with van der Waals surface area (Å²) < 4.78 is 31.7. The lowest BCUT2D eigenvalue weighted by Crippen LogP contribution is -2.21. The van der Waals surface area contributed by atoms with Crippen LogP contribution in [0.5, 0.6) is 0 Å². The third-order valence-corrected chi connectivity index (χ3v) is 1.65.